The second-order valence-corrected chi connectivity index (χ2v) is 6.71. The number of anilines is 2. The van der Waals surface area contributed by atoms with Gasteiger partial charge in [-0.3, -0.25) is 4.72 Å². The molecule has 6 nitrogen and oxygen atoms in total. The number of aromatic nitrogens is 2. The maximum atomic E-state index is 12.2. The molecule has 0 unspecified atom stereocenters. The summed E-state index contributed by atoms with van der Waals surface area (Å²) in [7, 11) is -3.59. The summed E-state index contributed by atoms with van der Waals surface area (Å²) >= 11 is 1.15. The Morgan fingerprint density at radius 2 is 2.26 bits per heavy atom. The lowest BCUT2D eigenvalue weighted by molar-refractivity contribution is 0.601. The van der Waals surface area contributed by atoms with Crippen molar-refractivity contribution in [2.24, 2.45) is 0 Å². The molecule has 0 radical (unpaired) electrons. The number of benzene rings is 1. The summed E-state index contributed by atoms with van der Waals surface area (Å²) in [4.78, 5) is 0.255. The first-order valence-electron chi connectivity index (χ1n) is 5.81. The van der Waals surface area contributed by atoms with E-state index >= 15 is 0 Å². The van der Waals surface area contributed by atoms with Gasteiger partial charge in [0.25, 0.3) is 10.0 Å². The summed E-state index contributed by atoms with van der Waals surface area (Å²) in [5, 5.41) is 10.8. The first-order chi connectivity index (χ1) is 9.15. The number of nitrogens with zero attached hydrogens (tertiary/aromatic N) is 2. The SMILES string of the molecule is O=S(=O)(Nc1nncs1)c1ccc2c(c1)CCCN2. The van der Waals surface area contributed by atoms with Crippen molar-refractivity contribution in [1.82, 2.24) is 10.2 Å². The number of aryl methyl sites for hydroxylation is 1. The van der Waals surface area contributed by atoms with Crippen molar-refractivity contribution < 1.29 is 8.42 Å². The molecule has 1 aromatic carbocycles. The summed E-state index contributed by atoms with van der Waals surface area (Å²) in [6.07, 6.45) is 1.91. The Kier molecular flexibility index (Phi) is 3.11. The Bertz CT molecular complexity index is 683. The van der Waals surface area contributed by atoms with Gasteiger partial charge in [-0.1, -0.05) is 11.3 Å². The van der Waals surface area contributed by atoms with Crippen LogP contribution < -0.4 is 10.0 Å². The van der Waals surface area contributed by atoms with Gasteiger partial charge in [0.05, 0.1) is 4.90 Å². The standard InChI is InChI=1S/C11H12N4O2S2/c16-19(17,15-11-14-13-7-18-11)9-3-4-10-8(6-9)2-1-5-12-10/h3-4,6-7,12H,1-2,5H2,(H,14,15). The van der Waals surface area contributed by atoms with Crippen LogP contribution in [0.3, 0.4) is 0 Å². The smallest absolute Gasteiger partial charge is 0.263 e. The molecule has 0 spiro atoms. The number of rotatable bonds is 3. The van der Waals surface area contributed by atoms with Gasteiger partial charge in [0.15, 0.2) is 0 Å². The molecular formula is C11H12N4O2S2. The lowest BCUT2D eigenvalue weighted by Crippen LogP contribution is -2.16. The molecule has 1 aromatic heterocycles. The second kappa shape index (κ2) is 4.78. The highest BCUT2D eigenvalue weighted by Crippen LogP contribution is 2.26. The van der Waals surface area contributed by atoms with E-state index in [2.05, 4.69) is 20.2 Å². The topological polar surface area (TPSA) is 84.0 Å². The minimum Gasteiger partial charge on any atom is -0.385 e. The van der Waals surface area contributed by atoms with E-state index in [-0.39, 0.29) is 10.0 Å². The molecule has 2 aromatic rings. The fourth-order valence-corrected chi connectivity index (χ4v) is 3.75. The molecule has 100 valence electrons. The van der Waals surface area contributed by atoms with Crippen molar-refractivity contribution >= 4 is 32.2 Å². The molecule has 1 aliphatic heterocycles. The Labute approximate surface area is 114 Å². The average molecular weight is 296 g/mol. The van der Waals surface area contributed by atoms with Gasteiger partial charge in [0.2, 0.25) is 5.13 Å². The third-order valence-corrected chi connectivity index (χ3v) is 4.98. The van der Waals surface area contributed by atoms with Crippen molar-refractivity contribution in [3.8, 4) is 0 Å². The Hall–Kier alpha value is -1.67. The van der Waals surface area contributed by atoms with Gasteiger partial charge in [-0.05, 0) is 36.6 Å². The molecule has 19 heavy (non-hydrogen) atoms. The molecule has 0 atom stereocenters. The van der Waals surface area contributed by atoms with Crippen molar-refractivity contribution in [3.63, 3.8) is 0 Å². The number of hydrogen-bond acceptors (Lipinski definition) is 6. The lowest BCUT2D eigenvalue weighted by atomic mass is 10.0. The van der Waals surface area contributed by atoms with Crippen LogP contribution in [0, 0.1) is 0 Å². The quantitative estimate of drug-likeness (QED) is 0.900. The van der Waals surface area contributed by atoms with E-state index in [9.17, 15) is 8.42 Å². The lowest BCUT2D eigenvalue weighted by Gasteiger charge is -2.18. The molecule has 2 N–H and O–H groups in total. The van der Waals surface area contributed by atoms with E-state index in [4.69, 9.17) is 0 Å². The zero-order valence-corrected chi connectivity index (χ0v) is 11.6. The second-order valence-electron chi connectivity index (χ2n) is 4.20. The molecule has 1 aliphatic rings. The number of fused-ring (bicyclic) bond motifs is 1. The van der Waals surface area contributed by atoms with Crippen LogP contribution >= 0.6 is 11.3 Å². The Morgan fingerprint density at radius 3 is 3.05 bits per heavy atom. The van der Waals surface area contributed by atoms with E-state index in [1.54, 1.807) is 12.1 Å². The molecule has 0 fully saturated rings. The molecule has 0 bridgehead atoms. The number of nitrogens with one attached hydrogen (secondary N) is 2. The summed E-state index contributed by atoms with van der Waals surface area (Å²) in [6.45, 7) is 0.933. The van der Waals surface area contributed by atoms with Crippen molar-refractivity contribution in [3.05, 3.63) is 29.3 Å². The van der Waals surface area contributed by atoms with Crippen LogP contribution in [0.5, 0.6) is 0 Å². The van der Waals surface area contributed by atoms with Gasteiger partial charge < -0.3 is 5.32 Å². The monoisotopic (exact) mass is 296 g/mol. The fraction of sp³-hybridized carbons (Fsp3) is 0.273. The Balaban J connectivity index is 1.93. The summed E-state index contributed by atoms with van der Waals surface area (Å²) in [6, 6.07) is 5.12. The van der Waals surface area contributed by atoms with Crippen molar-refractivity contribution in [1.29, 1.82) is 0 Å². The van der Waals surface area contributed by atoms with Gasteiger partial charge in [0, 0.05) is 12.2 Å². The van der Waals surface area contributed by atoms with Crippen LogP contribution in [-0.4, -0.2) is 25.2 Å². The Morgan fingerprint density at radius 1 is 1.37 bits per heavy atom. The molecule has 0 amide bonds. The predicted molar refractivity (Wildman–Crippen MR) is 74.0 cm³/mol. The van der Waals surface area contributed by atoms with Gasteiger partial charge in [-0.2, -0.15) is 0 Å². The third kappa shape index (κ3) is 2.54. The molecule has 0 saturated heterocycles. The predicted octanol–water partition coefficient (Wildman–Crippen LogP) is 1.70. The highest BCUT2D eigenvalue weighted by atomic mass is 32.2. The highest BCUT2D eigenvalue weighted by Gasteiger charge is 2.18. The third-order valence-electron chi connectivity index (χ3n) is 2.91. The molecule has 3 rings (SSSR count). The van der Waals surface area contributed by atoms with Crippen LogP contribution in [0.25, 0.3) is 0 Å². The largest absolute Gasteiger partial charge is 0.385 e. The van der Waals surface area contributed by atoms with Crippen LogP contribution in [0.2, 0.25) is 0 Å². The minimum absolute atomic E-state index is 0.255. The molecule has 0 saturated carbocycles. The number of sulfonamides is 1. The van der Waals surface area contributed by atoms with Gasteiger partial charge in [0.1, 0.15) is 5.51 Å². The fourth-order valence-electron chi connectivity index (χ4n) is 2.01. The van der Waals surface area contributed by atoms with E-state index in [1.807, 2.05) is 6.07 Å². The molecule has 8 heteroatoms. The minimum atomic E-state index is -3.59. The van der Waals surface area contributed by atoms with Crippen LogP contribution in [0.4, 0.5) is 10.8 Å². The van der Waals surface area contributed by atoms with E-state index in [1.165, 1.54) is 5.51 Å². The van der Waals surface area contributed by atoms with Crippen LogP contribution in [-0.2, 0) is 16.4 Å². The van der Waals surface area contributed by atoms with Crippen LogP contribution in [0.1, 0.15) is 12.0 Å². The summed E-state index contributed by atoms with van der Waals surface area (Å²) in [5.41, 5.74) is 3.53. The van der Waals surface area contributed by atoms with E-state index in [0.29, 0.717) is 0 Å². The molecular weight excluding hydrogens is 284 g/mol. The maximum absolute atomic E-state index is 12.2. The van der Waals surface area contributed by atoms with Gasteiger partial charge in [-0.15, -0.1) is 10.2 Å². The highest BCUT2D eigenvalue weighted by molar-refractivity contribution is 7.93. The number of hydrogen-bond donors (Lipinski definition) is 2. The van der Waals surface area contributed by atoms with Crippen molar-refractivity contribution in [2.45, 2.75) is 17.7 Å². The average Bonchev–Trinajstić information content (AvgIpc) is 2.90. The molecule has 0 aliphatic carbocycles. The van der Waals surface area contributed by atoms with Gasteiger partial charge >= 0.3 is 0 Å². The summed E-state index contributed by atoms with van der Waals surface area (Å²) in [5.74, 6) is 0. The zero-order chi connectivity index (χ0) is 13.3. The van der Waals surface area contributed by atoms with Crippen LogP contribution in [0.15, 0.2) is 28.6 Å². The first kappa shape index (κ1) is 12.4. The summed E-state index contributed by atoms with van der Waals surface area (Å²) < 4.78 is 26.8. The van der Waals surface area contributed by atoms with Crippen molar-refractivity contribution in [2.75, 3.05) is 16.6 Å². The van der Waals surface area contributed by atoms with E-state index in [0.717, 1.165) is 42.0 Å². The zero-order valence-electron chi connectivity index (χ0n) is 9.96. The van der Waals surface area contributed by atoms with E-state index < -0.39 is 10.0 Å². The van der Waals surface area contributed by atoms with Gasteiger partial charge in [-0.25, -0.2) is 8.42 Å². The maximum Gasteiger partial charge on any atom is 0.263 e. The normalized spacial score (nSPS) is 14.5. The molecule has 2 heterocycles. The first-order valence-corrected chi connectivity index (χ1v) is 8.17.